The second kappa shape index (κ2) is 5.59. The van der Waals surface area contributed by atoms with Gasteiger partial charge in [-0.15, -0.1) is 0 Å². The van der Waals surface area contributed by atoms with Crippen LogP contribution in [-0.4, -0.2) is 38.4 Å². The maximum atomic E-state index is 12.3. The number of nitrogens with zero attached hydrogens (tertiary/aromatic N) is 1. The lowest BCUT2D eigenvalue weighted by atomic mass is 10.2. The van der Waals surface area contributed by atoms with Gasteiger partial charge in [-0.05, 0) is 43.9 Å². The van der Waals surface area contributed by atoms with Crippen LogP contribution in [0.3, 0.4) is 0 Å². The first-order valence-corrected chi connectivity index (χ1v) is 8.95. The van der Waals surface area contributed by atoms with E-state index in [0.717, 1.165) is 38.8 Å². The van der Waals surface area contributed by atoms with Gasteiger partial charge in [0.1, 0.15) is 4.90 Å². The van der Waals surface area contributed by atoms with E-state index in [0.29, 0.717) is 5.56 Å². The zero-order valence-corrected chi connectivity index (χ0v) is 13.1. The number of hydrogen-bond acceptors (Lipinski definition) is 3. The maximum absolute atomic E-state index is 12.3. The number of carbonyl (C=O) groups is 1. The third kappa shape index (κ3) is 3.22. The molecule has 1 aliphatic heterocycles. The first-order valence-electron chi connectivity index (χ1n) is 7.08. The molecule has 3 rings (SSSR count). The molecule has 114 valence electrons. The van der Waals surface area contributed by atoms with Crippen LogP contribution in [0.4, 0.5) is 0 Å². The fourth-order valence-electron chi connectivity index (χ4n) is 2.43. The quantitative estimate of drug-likeness (QED) is 0.919. The molecule has 1 saturated carbocycles. The monoisotopic (exact) mass is 328 g/mol. The van der Waals surface area contributed by atoms with Crippen LogP contribution in [0.1, 0.15) is 36.0 Å². The van der Waals surface area contributed by atoms with Crippen molar-refractivity contribution in [1.82, 2.24) is 9.62 Å². The van der Waals surface area contributed by atoms with Crippen molar-refractivity contribution in [2.75, 3.05) is 13.1 Å². The molecule has 1 N–H and O–H groups in total. The molecule has 1 saturated heterocycles. The Bertz CT molecular complexity index is 665. The number of amides is 1. The van der Waals surface area contributed by atoms with Gasteiger partial charge in [-0.1, -0.05) is 11.6 Å². The Morgan fingerprint density at radius 1 is 1.24 bits per heavy atom. The van der Waals surface area contributed by atoms with E-state index < -0.39 is 10.0 Å². The number of hydrogen-bond donors (Lipinski definition) is 1. The Morgan fingerprint density at radius 3 is 2.52 bits per heavy atom. The highest BCUT2D eigenvalue weighted by Crippen LogP contribution is 2.27. The summed E-state index contributed by atoms with van der Waals surface area (Å²) in [5, 5.41) is 0.140. The molecule has 0 spiro atoms. The zero-order valence-electron chi connectivity index (χ0n) is 11.5. The lowest BCUT2D eigenvalue weighted by molar-refractivity contribution is 0.0792. The molecule has 1 amide bonds. The van der Waals surface area contributed by atoms with Gasteiger partial charge in [0.05, 0.1) is 5.02 Å². The van der Waals surface area contributed by atoms with E-state index in [-0.39, 0.29) is 21.9 Å². The number of halogens is 1. The normalized spacial score (nSPS) is 19.0. The van der Waals surface area contributed by atoms with Crippen molar-refractivity contribution in [1.29, 1.82) is 0 Å². The molecule has 0 unspecified atom stereocenters. The smallest absolute Gasteiger partial charge is 0.253 e. The molecular formula is C14H17ClN2O3S. The van der Waals surface area contributed by atoms with Crippen LogP contribution in [-0.2, 0) is 10.0 Å². The summed E-state index contributed by atoms with van der Waals surface area (Å²) >= 11 is 6.00. The van der Waals surface area contributed by atoms with Crippen molar-refractivity contribution in [3.63, 3.8) is 0 Å². The molecule has 1 aliphatic carbocycles. The summed E-state index contributed by atoms with van der Waals surface area (Å²) in [5.74, 6) is -0.132. The Kier molecular flexibility index (Phi) is 3.94. The van der Waals surface area contributed by atoms with Crippen LogP contribution in [0.25, 0.3) is 0 Å². The summed E-state index contributed by atoms with van der Waals surface area (Å²) in [7, 11) is -3.66. The number of sulfonamides is 1. The predicted octanol–water partition coefficient (Wildman–Crippen LogP) is 2.02. The van der Waals surface area contributed by atoms with E-state index >= 15 is 0 Å². The molecule has 1 aromatic carbocycles. The number of nitrogens with one attached hydrogen (secondary N) is 1. The summed E-state index contributed by atoms with van der Waals surface area (Å²) in [5.41, 5.74) is 0.373. The second-order valence-corrected chi connectivity index (χ2v) is 7.63. The van der Waals surface area contributed by atoms with E-state index in [1.807, 2.05) is 0 Å². The van der Waals surface area contributed by atoms with Crippen molar-refractivity contribution in [3.8, 4) is 0 Å². The molecule has 1 aromatic rings. The standard InChI is InChI=1S/C14H17ClN2O3S/c15-12-6-3-10(14(18)17-7-1-2-8-17)9-13(12)21(19,20)16-11-4-5-11/h3,6,9,11,16H,1-2,4-5,7-8H2. The van der Waals surface area contributed by atoms with Gasteiger partial charge in [0.25, 0.3) is 5.91 Å². The third-order valence-electron chi connectivity index (χ3n) is 3.76. The Labute approximate surface area is 129 Å². The molecule has 1 heterocycles. The van der Waals surface area contributed by atoms with Gasteiger partial charge in [0.15, 0.2) is 0 Å². The fourth-order valence-corrected chi connectivity index (χ4v) is 4.26. The zero-order chi connectivity index (χ0) is 15.0. The Balaban J connectivity index is 1.90. The van der Waals surface area contributed by atoms with Crippen molar-refractivity contribution in [2.45, 2.75) is 36.6 Å². The average Bonchev–Trinajstić information content (AvgIpc) is 3.07. The van der Waals surface area contributed by atoms with Crippen LogP contribution in [0, 0.1) is 0 Å². The minimum atomic E-state index is -3.66. The molecule has 0 aromatic heterocycles. The number of benzene rings is 1. The molecular weight excluding hydrogens is 312 g/mol. The number of likely N-dealkylation sites (tertiary alicyclic amines) is 1. The van der Waals surface area contributed by atoms with Gasteiger partial charge in [-0.25, -0.2) is 13.1 Å². The van der Waals surface area contributed by atoms with E-state index in [9.17, 15) is 13.2 Å². The van der Waals surface area contributed by atoms with Crippen LogP contribution in [0.2, 0.25) is 5.02 Å². The van der Waals surface area contributed by atoms with Gasteiger partial charge in [0, 0.05) is 24.7 Å². The van der Waals surface area contributed by atoms with Gasteiger partial charge >= 0.3 is 0 Å². The van der Waals surface area contributed by atoms with Crippen LogP contribution < -0.4 is 4.72 Å². The van der Waals surface area contributed by atoms with Gasteiger partial charge < -0.3 is 4.90 Å². The van der Waals surface area contributed by atoms with Gasteiger partial charge in [-0.3, -0.25) is 4.79 Å². The van der Waals surface area contributed by atoms with Gasteiger partial charge in [-0.2, -0.15) is 0 Å². The molecule has 0 radical (unpaired) electrons. The first kappa shape index (κ1) is 14.8. The number of carbonyl (C=O) groups excluding carboxylic acids is 1. The van der Waals surface area contributed by atoms with Crippen molar-refractivity contribution in [2.24, 2.45) is 0 Å². The van der Waals surface area contributed by atoms with E-state index in [2.05, 4.69) is 4.72 Å². The molecule has 2 aliphatic rings. The predicted molar refractivity (Wildman–Crippen MR) is 79.9 cm³/mol. The summed E-state index contributed by atoms with van der Waals surface area (Å²) in [6, 6.07) is 4.45. The maximum Gasteiger partial charge on any atom is 0.253 e. The summed E-state index contributed by atoms with van der Waals surface area (Å²) in [6.07, 6.45) is 3.69. The second-order valence-electron chi connectivity index (χ2n) is 5.54. The Hall–Kier alpha value is -1.11. The van der Waals surface area contributed by atoms with E-state index in [4.69, 9.17) is 11.6 Å². The minimum absolute atomic E-state index is 0.00371. The van der Waals surface area contributed by atoms with Crippen molar-refractivity contribution >= 4 is 27.5 Å². The highest BCUT2D eigenvalue weighted by atomic mass is 35.5. The molecule has 7 heteroatoms. The summed E-state index contributed by atoms with van der Waals surface area (Å²) in [4.78, 5) is 14.1. The van der Waals surface area contributed by atoms with Crippen LogP contribution in [0.15, 0.2) is 23.1 Å². The van der Waals surface area contributed by atoms with Gasteiger partial charge in [0.2, 0.25) is 10.0 Å². The van der Waals surface area contributed by atoms with E-state index in [1.54, 1.807) is 11.0 Å². The largest absolute Gasteiger partial charge is 0.339 e. The van der Waals surface area contributed by atoms with Crippen LogP contribution >= 0.6 is 11.6 Å². The van der Waals surface area contributed by atoms with Crippen LogP contribution in [0.5, 0.6) is 0 Å². The summed E-state index contributed by atoms with van der Waals surface area (Å²) in [6.45, 7) is 1.45. The Morgan fingerprint density at radius 2 is 1.90 bits per heavy atom. The SMILES string of the molecule is O=C(c1ccc(Cl)c(S(=O)(=O)NC2CC2)c1)N1CCCC1. The van der Waals surface area contributed by atoms with Crippen molar-refractivity contribution in [3.05, 3.63) is 28.8 Å². The molecule has 2 fully saturated rings. The van der Waals surface area contributed by atoms with E-state index in [1.165, 1.54) is 12.1 Å². The highest BCUT2D eigenvalue weighted by molar-refractivity contribution is 7.89. The lowest BCUT2D eigenvalue weighted by Crippen LogP contribution is -2.29. The number of rotatable bonds is 4. The molecule has 0 bridgehead atoms. The topological polar surface area (TPSA) is 66.5 Å². The fraction of sp³-hybridized carbons (Fsp3) is 0.500. The first-order chi connectivity index (χ1) is 9.97. The summed E-state index contributed by atoms with van der Waals surface area (Å²) < 4.78 is 27.1. The lowest BCUT2D eigenvalue weighted by Gasteiger charge is -2.16. The van der Waals surface area contributed by atoms with Crippen molar-refractivity contribution < 1.29 is 13.2 Å². The highest BCUT2D eigenvalue weighted by Gasteiger charge is 2.30. The average molecular weight is 329 g/mol. The third-order valence-corrected chi connectivity index (χ3v) is 5.76. The molecule has 5 nitrogen and oxygen atoms in total. The molecule has 21 heavy (non-hydrogen) atoms. The molecule has 0 atom stereocenters. The minimum Gasteiger partial charge on any atom is -0.339 e.